The van der Waals surface area contributed by atoms with Gasteiger partial charge in [0.15, 0.2) is 8.68 Å². The quantitative estimate of drug-likeness (QED) is 0.0698. The van der Waals surface area contributed by atoms with Crippen molar-refractivity contribution in [3.05, 3.63) is 47.5 Å². The third-order valence-electron chi connectivity index (χ3n) is 5.09. The van der Waals surface area contributed by atoms with Gasteiger partial charge in [-0.3, -0.25) is 18.7 Å². The highest BCUT2D eigenvalue weighted by Crippen LogP contribution is 2.28. The number of anilines is 4. The minimum atomic E-state index is -4.80. The van der Waals surface area contributed by atoms with Crippen LogP contribution >= 0.6 is 46.2 Å². The molecule has 0 bridgehead atoms. The van der Waals surface area contributed by atoms with Gasteiger partial charge in [0.05, 0.1) is 11.5 Å². The van der Waals surface area contributed by atoms with Crippen LogP contribution in [0.4, 0.5) is 21.6 Å². The number of amides is 2. The van der Waals surface area contributed by atoms with Gasteiger partial charge in [-0.15, -0.1) is 20.4 Å². The summed E-state index contributed by atoms with van der Waals surface area (Å²) < 4.78 is 69.0. The van der Waals surface area contributed by atoms with E-state index in [1.165, 1.54) is 36.4 Å². The molecule has 0 saturated carbocycles. The summed E-state index contributed by atoms with van der Waals surface area (Å²) in [5.74, 6) is -1.16. The van der Waals surface area contributed by atoms with Crippen molar-refractivity contribution in [2.45, 2.75) is 18.5 Å². The Morgan fingerprint density at radius 2 is 1.11 bits per heavy atom. The topological polar surface area (TPSA) is 271 Å². The summed E-state index contributed by atoms with van der Waals surface area (Å²) in [6, 6.07) is 7.35. The van der Waals surface area contributed by atoms with Gasteiger partial charge in [0.25, 0.3) is 20.2 Å². The summed E-state index contributed by atoms with van der Waals surface area (Å²) in [6.45, 7) is 0. The molecule has 2 amide bonds. The second-order valence-corrected chi connectivity index (χ2v) is 15.5. The summed E-state index contributed by atoms with van der Waals surface area (Å²) >= 11 is 4.32. The maximum atomic E-state index is 12.3. The molecule has 4 aromatic rings. The zero-order chi connectivity index (χ0) is 32.1. The number of nitrogens with zero attached hydrogens (tertiary/aromatic N) is 4. The van der Waals surface area contributed by atoms with E-state index in [1.807, 2.05) is 0 Å². The van der Waals surface area contributed by atoms with Crippen molar-refractivity contribution in [3.8, 4) is 0 Å². The molecule has 0 aliphatic heterocycles. The maximum Gasteiger partial charge on any atom is 0.295 e. The average molecular weight is 717 g/mol. The van der Waals surface area contributed by atoms with E-state index in [2.05, 4.69) is 31.0 Å². The van der Waals surface area contributed by atoms with E-state index in [9.17, 15) is 35.5 Å². The SMILES string of the molecule is Nc1nnc(SCC(=O)Nc2ccc(/C=C/c3ccc(NC(=O)CSc4nnc(N)s4)cc3S(=O)(=O)O)c(S(=O)(=O)O)c2)s1. The van der Waals surface area contributed by atoms with Gasteiger partial charge < -0.3 is 22.1 Å². The Balaban J connectivity index is 1.50. The van der Waals surface area contributed by atoms with Crippen LogP contribution in [0, 0.1) is 0 Å². The summed E-state index contributed by atoms with van der Waals surface area (Å²) in [4.78, 5) is 23.5. The van der Waals surface area contributed by atoms with Crippen LogP contribution in [-0.2, 0) is 29.8 Å². The van der Waals surface area contributed by atoms with E-state index in [4.69, 9.17) is 11.5 Å². The van der Waals surface area contributed by atoms with Crippen LogP contribution in [0.1, 0.15) is 11.1 Å². The lowest BCUT2D eigenvalue weighted by Crippen LogP contribution is -2.14. The highest BCUT2D eigenvalue weighted by Gasteiger charge is 2.19. The number of nitrogens with two attached hydrogens (primary N) is 2. The number of nitrogens with one attached hydrogen (secondary N) is 2. The third-order valence-corrected chi connectivity index (χ3v) is 10.7. The molecule has 8 N–H and O–H groups in total. The lowest BCUT2D eigenvalue weighted by atomic mass is 10.1. The van der Waals surface area contributed by atoms with Crippen LogP contribution in [0.15, 0.2) is 54.9 Å². The molecule has 16 nitrogen and oxygen atoms in total. The van der Waals surface area contributed by atoms with Gasteiger partial charge in [-0.1, -0.05) is 70.5 Å². The first-order valence-corrected chi connectivity index (χ1v) is 18.1. The molecule has 0 fully saturated rings. The first kappa shape index (κ1) is 33.3. The summed E-state index contributed by atoms with van der Waals surface area (Å²) in [5, 5.41) is 20.3. The number of carbonyl (C=O) groups is 2. The molecule has 0 radical (unpaired) electrons. The third kappa shape index (κ3) is 9.43. The first-order chi connectivity index (χ1) is 20.7. The largest absolute Gasteiger partial charge is 0.374 e. The van der Waals surface area contributed by atoms with Crippen LogP contribution in [0.5, 0.6) is 0 Å². The smallest absolute Gasteiger partial charge is 0.295 e. The molecule has 4 rings (SSSR count). The van der Waals surface area contributed by atoms with Gasteiger partial charge >= 0.3 is 0 Å². The highest BCUT2D eigenvalue weighted by molar-refractivity contribution is 8.02. The summed E-state index contributed by atoms with van der Waals surface area (Å²) in [6.07, 6.45) is 2.38. The maximum absolute atomic E-state index is 12.3. The second kappa shape index (κ2) is 14.0. The second-order valence-electron chi connectivity index (χ2n) is 8.27. The van der Waals surface area contributed by atoms with E-state index in [1.54, 1.807) is 0 Å². The number of hydrogen-bond donors (Lipinski definition) is 6. The van der Waals surface area contributed by atoms with Gasteiger partial charge in [0, 0.05) is 11.4 Å². The lowest BCUT2D eigenvalue weighted by molar-refractivity contribution is -0.114. The van der Waals surface area contributed by atoms with Crippen molar-refractivity contribution in [2.75, 3.05) is 33.6 Å². The molecule has 2 aromatic heterocycles. The van der Waals surface area contributed by atoms with Crippen LogP contribution in [0.25, 0.3) is 12.2 Å². The standard InChI is InChI=1S/C22H20N8O8S6/c23-19-27-29-21(41-19)39-9-17(31)25-13-5-3-11(15(7-13)43(33,34)35)1-2-12-4-6-14(8-16(12)44(36,37)38)26-18(32)10-40-22-30-28-20(24)42-22/h1-8H,9-10H2,(H2,23,27)(H2,24,28)(H,25,31)(H,26,32)(H,33,34,35)(H,36,37,38)/b2-1+. The molecule has 2 heterocycles. The van der Waals surface area contributed by atoms with Crippen molar-refractivity contribution in [2.24, 2.45) is 0 Å². The van der Waals surface area contributed by atoms with E-state index < -0.39 is 41.8 Å². The van der Waals surface area contributed by atoms with Crippen LogP contribution in [0.3, 0.4) is 0 Å². The van der Waals surface area contributed by atoms with Gasteiger partial charge in [-0.2, -0.15) is 16.8 Å². The number of thioether (sulfide) groups is 2. The number of aromatic nitrogens is 4. The average Bonchev–Trinajstić information content (AvgIpc) is 3.56. The fourth-order valence-corrected chi connectivity index (χ4v) is 7.62. The molecule has 0 aliphatic rings. The minimum Gasteiger partial charge on any atom is -0.374 e. The molecule has 0 atom stereocenters. The zero-order valence-electron chi connectivity index (χ0n) is 21.8. The molecule has 2 aromatic carbocycles. The first-order valence-electron chi connectivity index (χ1n) is 11.6. The van der Waals surface area contributed by atoms with Crippen molar-refractivity contribution < 1.29 is 35.5 Å². The van der Waals surface area contributed by atoms with Gasteiger partial charge in [0.2, 0.25) is 22.1 Å². The van der Waals surface area contributed by atoms with Crippen molar-refractivity contribution in [3.63, 3.8) is 0 Å². The van der Waals surface area contributed by atoms with Crippen molar-refractivity contribution >= 4 is 112 Å². The fourth-order valence-electron chi connectivity index (χ4n) is 3.33. The molecule has 44 heavy (non-hydrogen) atoms. The monoisotopic (exact) mass is 716 g/mol. The van der Waals surface area contributed by atoms with Crippen LogP contribution < -0.4 is 22.1 Å². The van der Waals surface area contributed by atoms with Crippen molar-refractivity contribution in [1.82, 2.24) is 20.4 Å². The summed E-state index contributed by atoms with van der Waals surface area (Å²) in [5.41, 5.74) is 11.0. The molecule has 0 saturated heterocycles. The highest BCUT2D eigenvalue weighted by atomic mass is 32.2. The van der Waals surface area contributed by atoms with Gasteiger partial charge in [0.1, 0.15) is 9.79 Å². The molecule has 22 heteroatoms. The van der Waals surface area contributed by atoms with E-state index in [0.717, 1.165) is 58.3 Å². The molecule has 0 aliphatic carbocycles. The Hall–Kier alpha value is -3.64. The molecular formula is C22H20N8O8S6. The van der Waals surface area contributed by atoms with Crippen LogP contribution in [-0.4, -0.2) is 69.7 Å². The number of benzene rings is 2. The fraction of sp³-hybridized carbons (Fsp3) is 0.0909. The molecule has 0 unspecified atom stereocenters. The predicted molar refractivity (Wildman–Crippen MR) is 169 cm³/mol. The Bertz CT molecular complexity index is 1820. The minimum absolute atomic E-state index is 0.0581. The Morgan fingerprint density at radius 3 is 1.43 bits per heavy atom. The number of carbonyl (C=O) groups excluding carboxylic acids is 2. The molecule has 0 spiro atoms. The number of nitrogen functional groups attached to an aromatic ring is 2. The van der Waals surface area contributed by atoms with Crippen molar-refractivity contribution in [1.29, 1.82) is 0 Å². The number of rotatable bonds is 12. The Labute approximate surface area is 266 Å². The van der Waals surface area contributed by atoms with E-state index in [-0.39, 0.29) is 44.3 Å². The Kier molecular flexibility index (Phi) is 10.6. The predicted octanol–water partition coefficient (Wildman–Crippen LogP) is 2.68. The Morgan fingerprint density at radius 1 is 0.727 bits per heavy atom. The number of hydrogen-bond acceptors (Lipinski definition) is 16. The molecular weight excluding hydrogens is 697 g/mol. The van der Waals surface area contributed by atoms with E-state index in [0.29, 0.717) is 8.68 Å². The van der Waals surface area contributed by atoms with E-state index >= 15 is 0 Å². The normalized spacial score (nSPS) is 12.0. The zero-order valence-corrected chi connectivity index (χ0v) is 26.7. The van der Waals surface area contributed by atoms with Gasteiger partial charge in [-0.25, -0.2) is 0 Å². The summed E-state index contributed by atoms with van der Waals surface area (Å²) in [7, 11) is -9.60. The van der Waals surface area contributed by atoms with Crippen LogP contribution in [0.2, 0.25) is 0 Å². The lowest BCUT2D eigenvalue weighted by Gasteiger charge is -2.10. The van der Waals surface area contributed by atoms with Gasteiger partial charge in [-0.05, 0) is 35.4 Å². The molecule has 232 valence electrons.